The van der Waals surface area contributed by atoms with Gasteiger partial charge < -0.3 is 4.74 Å². The average molecular weight is 320 g/mol. The second kappa shape index (κ2) is 6.10. The number of rotatable bonds is 3. The van der Waals surface area contributed by atoms with E-state index in [0.717, 1.165) is 25.5 Å². The number of ether oxygens (including phenoxy) is 1. The van der Waals surface area contributed by atoms with Crippen LogP contribution in [0.15, 0.2) is 23.2 Å². The Labute approximate surface area is 135 Å². The van der Waals surface area contributed by atoms with Gasteiger partial charge in [0.1, 0.15) is 12.2 Å². The van der Waals surface area contributed by atoms with Gasteiger partial charge in [-0.1, -0.05) is 0 Å². The lowest BCUT2D eigenvalue weighted by Gasteiger charge is -2.36. The third-order valence-electron chi connectivity index (χ3n) is 3.87. The van der Waals surface area contributed by atoms with Gasteiger partial charge in [-0.25, -0.2) is 9.67 Å². The lowest BCUT2D eigenvalue weighted by molar-refractivity contribution is -0.0822. The standard InChI is InChI=1S/C16H24N4OS/c1-12-7-19(8-14(21-12)13-5-6-22-10-13)9-15-17-11-18-20(15)16(2,3)4/h5-6,10-12,14H,7-9H2,1-4H3/t12-,14+/m1/s1. The first-order chi connectivity index (χ1) is 10.4. The van der Waals surface area contributed by atoms with Crippen molar-refractivity contribution < 1.29 is 4.74 Å². The minimum atomic E-state index is -0.0451. The molecule has 0 radical (unpaired) electrons. The summed E-state index contributed by atoms with van der Waals surface area (Å²) >= 11 is 1.72. The van der Waals surface area contributed by atoms with Crippen LogP contribution in [0.2, 0.25) is 0 Å². The molecule has 2 aromatic heterocycles. The Morgan fingerprint density at radius 2 is 2.18 bits per heavy atom. The van der Waals surface area contributed by atoms with Crippen LogP contribution in [-0.2, 0) is 16.8 Å². The largest absolute Gasteiger partial charge is 0.368 e. The highest BCUT2D eigenvalue weighted by Crippen LogP contribution is 2.27. The van der Waals surface area contributed by atoms with Gasteiger partial charge in [0.2, 0.25) is 0 Å². The van der Waals surface area contributed by atoms with Gasteiger partial charge in [0.25, 0.3) is 0 Å². The Kier molecular flexibility index (Phi) is 4.34. The van der Waals surface area contributed by atoms with Crippen molar-refractivity contribution in [1.82, 2.24) is 19.7 Å². The van der Waals surface area contributed by atoms with Crippen LogP contribution < -0.4 is 0 Å². The second-order valence-corrected chi connectivity index (χ2v) is 7.73. The highest BCUT2D eigenvalue weighted by atomic mass is 32.1. The van der Waals surface area contributed by atoms with E-state index in [4.69, 9.17) is 4.74 Å². The Hall–Kier alpha value is -1.24. The highest BCUT2D eigenvalue weighted by molar-refractivity contribution is 7.07. The van der Waals surface area contributed by atoms with Crippen LogP contribution in [0.1, 0.15) is 45.2 Å². The molecule has 0 spiro atoms. The lowest BCUT2D eigenvalue weighted by Crippen LogP contribution is -2.43. The predicted molar refractivity (Wildman–Crippen MR) is 87.9 cm³/mol. The Morgan fingerprint density at radius 1 is 1.36 bits per heavy atom. The van der Waals surface area contributed by atoms with E-state index in [1.54, 1.807) is 17.7 Å². The Morgan fingerprint density at radius 3 is 2.86 bits per heavy atom. The maximum absolute atomic E-state index is 6.10. The van der Waals surface area contributed by atoms with Crippen LogP contribution >= 0.6 is 11.3 Å². The maximum atomic E-state index is 6.10. The second-order valence-electron chi connectivity index (χ2n) is 6.94. The minimum Gasteiger partial charge on any atom is -0.368 e. The number of nitrogens with zero attached hydrogens (tertiary/aromatic N) is 4. The Balaban J connectivity index is 1.74. The van der Waals surface area contributed by atoms with Crippen LogP contribution in [0.4, 0.5) is 0 Å². The molecule has 22 heavy (non-hydrogen) atoms. The first-order valence-corrected chi connectivity index (χ1v) is 8.67. The molecule has 2 atom stereocenters. The molecule has 0 aliphatic carbocycles. The van der Waals surface area contributed by atoms with Crippen LogP contribution in [0, 0.1) is 0 Å². The van der Waals surface area contributed by atoms with Gasteiger partial charge >= 0.3 is 0 Å². The van der Waals surface area contributed by atoms with Gasteiger partial charge in [0.15, 0.2) is 0 Å². The molecule has 1 saturated heterocycles. The van der Waals surface area contributed by atoms with Crippen molar-refractivity contribution in [3.8, 4) is 0 Å². The molecule has 5 nitrogen and oxygen atoms in total. The first kappa shape index (κ1) is 15.6. The predicted octanol–water partition coefficient (Wildman–Crippen LogP) is 3.06. The number of hydrogen-bond acceptors (Lipinski definition) is 5. The van der Waals surface area contributed by atoms with E-state index in [1.807, 2.05) is 4.68 Å². The molecular formula is C16H24N4OS. The van der Waals surface area contributed by atoms with Crippen LogP contribution in [0.25, 0.3) is 0 Å². The molecule has 120 valence electrons. The van der Waals surface area contributed by atoms with Gasteiger partial charge in [-0.3, -0.25) is 4.90 Å². The fraction of sp³-hybridized carbons (Fsp3) is 0.625. The molecule has 1 aliphatic heterocycles. The van der Waals surface area contributed by atoms with Gasteiger partial charge in [-0.15, -0.1) is 0 Å². The summed E-state index contributed by atoms with van der Waals surface area (Å²) in [6.07, 6.45) is 2.03. The van der Waals surface area contributed by atoms with E-state index in [-0.39, 0.29) is 17.7 Å². The van der Waals surface area contributed by atoms with Gasteiger partial charge in [-0.2, -0.15) is 16.4 Å². The highest BCUT2D eigenvalue weighted by Gasteiger charge is 2.28. The number of aromatic nitrogens is 3. The molecule has 3 rings (SSSR count). The smallest absolute Gasteiger partial charge is 0.141 e. The first-order valence-electron chi connectivity index (χ1n) is 7.73. The number of hydrogen-bond donors (Lipinski definition) is 0. The van der Waals surface area contributed by atoms with E-state index in [0.29, 0.717) is 0 Å². The SMILES string of the molecule is C[C@@H]1CN(Cc2ncnn2C(C)(C)C)C[C@@H](c2ccsc2)O1. The third kappa shape index (κ3) is 3.39. The van der Waals surface area contributed by atoms with E-state index in [1.165, 1.54) is 5.56 Å². The average Bonchev–Trinajstić information content (AvgIpc) is 3.07. The lowest BCUT2D eigenvalue weighted by atomic mass is 10.1. The van der Waals surface area contributed by atoms with Crippen molar-refractivity contribution in [3.05, 3.63) is 34.5 Å². The van der Waals surface area contributed by atoms with Crippen molar-refractivity contribution in [2.24, 2.45) is 0 Å². The zero-order valence-electron chi connectivity index (χ0n) is 13.7. The fourth-order valence-corrected chi connectivity index (χ4v) is 3.65. The van der Waals surface area contributed by atoms with Crippen LogP contribution in [0.3, 0.4) is 0 Å². The summed E-state index contributed by atoms with van der Waals surface area (Å²) in [4.78, 5) is 6.88. The summed E-state index contributed by atoms with van der Waals surface area (Å²) in [6.45, 7) is 11.2. The van der Waals surface area contributed by atoms with Crippen molar-refractivity contribution in [3.63, 3.8) is 0 Å². The summed E-state index contributed by atoms with van der Waals surface area (Å²) in [5.41, 5.74) is 1.23. The maximum Gasteiger partial charge on any atom is 0.141 e. The number of thiophene rings is 1. The molecule has 1 aliphatic rings. The fourth-order valence-electron chi connectivity index (χ4n) is 2.94. The van der Waals surface area contributed by atoms with E-state index >= 15 is 0 Å². The third-order valence-corrected chi connectivity index (χ3v) is 4.57. The number of morpholine rings is 1. The molecule has 0 unspecified atom stereocenters. The molecule has 0 aromatic carbocycles. The van der Waals surface area contributed by atoms with Crippen LogP contribution in [-0.4, -0.2) is 38.9 Å². The van der Waals surface area contributed by atoms with Gasteiger partial charge in [0.05, 0.1) is 24.3 Å². The quantitative estimate of drug-likeness (QED) is 0.872. The molecule has 6 heteroatoms. The summed E-state index contributed by atoms with van der Waals surface area (Å²) in [5, 5.41) is 8.68. The molecule has 0 N–H and O–H groups in total. The zero-order valence-corrected chi connectivity index (χ0v) is 14.5. The summed E-state index contributed by atoms with van der Waals surface area (Å²) in [6, 6.07) is 2.16. The molecule has 2 aromatic rings. The molecule has 0 saturated carbocycles. The molecule has 0 amide bonds. The monoisotopic (exact) mass is 320 g/mol. The Bertz CT molecular complexity index is 602. The van der Waals surface area contributed by atoms with Crippen molar-refractivity contribution in [2.45, 2.75) is 52.0 Å². The molecule has 0 bridgehead atoms. The van der Waals surface area contributed by atoms with E-state index in [2.05, 4.69) is 59.5 Å². The molecule has 3 heterocycles. The summed E-state index contributed by atoms with van der Waals surface area (Å²) in [7, 11) is 0. The molecular weight excluding hydrogens is 296 g/mol. The topological polar surface area (TPSA) is 43.2 Å². The van der Waals surface area contributed by atoms with Gasteiger partial charge in [-0.05, 0) is 50.1 Å². The van der Waals surface area contributed by atoms with E-state index in [9.17, 15) is 0 Å². The van der Waals surface area contributed by atoms with Crippen molar-refractivity contribution >= 4 is 11.3 Å². The summed E-state index contributed by atoms with van der Waals surface area (Å²) < 4.78 is 8.12. The van der Waals surface area contributed by atoms with Crippen molar-refractivity contribution in [2.75, 3.05) is 13.1 Å². The molecule has 1 fully saturated rings. The van der Waals surface area contributed by atoms with Gasteiger partial charge in [0, 0.05) is 13.1 Å². The van der Waals surface area contributed by atoms with E-state index < -0.39 is 0 Å². The zero-order chi connectivity index (χ0) is 15.7. The van der Waals surface area contributed by atoms with Crippen LogP contribution in [0.5, 0.6) is 0 Å². The minimum absolute atomic E-state index is 0.0451. The normalized spacial score (nSPS) is 23.8. The van der Waals surface area contributed by atoms with Crippen molar-refractivity contribution in [1.29, 1.82) is 0 Å². The summed E-state index contributed by atoms with van der Waals surface area (Å²) in [5.74, 6) is 1.02.